The zero-order valence-electron chi connectivity index (χ0n) is 18.6. The summed E-state index contributed by atoms with van der Waals surface area (Å²) in [7, 11) is 1.68. The van der Waals surface area contributed by atoms with Crippen LogP contribution < -0.4 is 9.47 Å². The van der Waals surface area contributed by atoms with E-state index in [4.69, 9.17) is 9.47 Å². The fraction of sp³-hybridized carbons (Fsp3) is 0.480. The van der Waals surface area contributed by atoms with Crippen LogP contribution in [0.3, 0.4) is 0 Å². The van der Waals surface area contributed by atoms with Crippen LogP contribution in [0.5, 0.6) is 11.5 Å². The molecule has 4 nitrogen and oxygen atoms in total. The Kier molecular flexibility index (Phi) is 8.56. The van der Waals surface area contributed by atoms with Crippen molar-refractivity contribution >= 4 is 5.91 Å². The topological polar surface area (TPSA) is 38.8 Å². The Hall–Kier alpha value is -2.49. The molecule has 0 aliphatic heterocycles. The number of methoxy groups -OCH3 is 1. The summed E-state index contributed by atoms with van der Waals surface area (Å²) in [5.74, 6) is 2.71. The minimum absolute atomic E-state index is 0.102. The first kappa shape index (κ1) is 22.8. The van der Waals surface area contributed by atoms with E-state index in [-0.39, 0.29) is 12.0 Å². The summed E-state index contributed by atoms with van der Waals surface area (Å²) in [6.07, 6.45) is 1.08. The first-order valence-corrected chi connectivity index (χ1v) is 10.4. The fourth-order valence-electron chi connectivity index (χ4n) is 3.54. The maximum Gasteiger partial charge on any atom is 0.219 e. The number of benzene rings is 2. The van der Waals surface area contributed by atoms with Crippen LogP contribution in [0, 0.1) is 5.92 Å². The quantitative estimate of drug-likeness (QED) is 0.519. The van der Waals surface area contributed by atoms with Crippen molar-refractivity contribution < 1.29 is 14.3 Å². The monoisotopic (exact) mass is 397 g/mol. The van der Waals surface area contributed by atoms with Crippen LogP contribution in [-0.2, 0) is 11.3 Å². The zero-order valence-corrected chi connectivity index (χ0v) is 18.6. The molecule has 1 amide bonds. The van der Waals surface area contributed by atoms with Gasteiger partial charge in [0, 0.05) is 20.0 Å². The second-order valence-electron chi connectivity index (χ2n) is 8.16. The number of nitrogens with zero attached hydrogens (tertiary/aromatic N) is 1. The molecule has 4 heteroatoms. The highest BCUT2D eigenvalue weighted by Gasteiger charge is 2.19. The highest BCUT2D eigenvalue weighted by atomic mass is 16.5. The maximum atomic E-state index is 12.2. The predicted molar refractivity (Wildman–Crippen MR) is 118 cm³/mol. The van der Waals surface area contributed by atoms with Gasteiger partial charge in [-0.25, -0.2) is 0 Å². The van der Waals surface area contributed by atoms with Gasteiger partial charge in [-0.2, -0.15) is 0 Å². The first-order chi connectivity index (χ1) is 13.8. The summed E-state index contributed by atoms with van der Waals surface area (Å²) in [6, 6.07) is 16.3. The van der Waals surface area contributed by atoms with Gasteiger partial charge in [-0.1, -0.05) is 38.1 Å². The molecule has 0 fully saturated rings. The lowest BCUT2D eigenvalue weighted by Crippen LogP contribution is -2.30. The summed E-state index contributed by atoms with van der Waals surface area (Å²) in [5, 5.41) is 0. The standard InChI is InChI=1S/C25H35NO3/c1-18(2)25(22-9-13-23(28-6)14-10-22)15-16-26(20(5)27)17-21-7-11-24(12-8-21)29-19(3)4/h7-14,18-19,25H,15-17H2,1-6H3/t25-/m1/s1. The summed E-state index contributed by atoms with van der Waals surface area (Å²) < 4.78 is 11.0. The molecular weight excluding hydrogens is 362 g/mol. The highest BCUT2D eigenvalue weighted by molar-refractivity contribution is 5.73. The summed E-state index contributed by atoms with van der Waals surface area (Å²) in [4.78, 5) is 14.2. The summed E-state index contributed by atoms with van der Waals surface area (Å²) in [5.41, 5.74) is 2.40. The molecule has 0 aromatic heterocycles. The molecule has 0 radical (unpaired) electrons. The second-order valence-corrected chi connectivity index (χ2v) is 8.16. The van der Waals surface area contributed by atoms with Crippen molar-refractivity contribution in [3.63, 3.8) is 0 Å². The van der Waals surface area contributed by atoms with Crippen LogP contribution in [0.4, 0.5) is 0 Å². The van der Waals surface area contributed by atoms with E-state index in [1.807, 2.05) is 55.1 Å². The average molecular weight is 398 g/mol. The number of hydrogen-bond donors (Lipinski definition) is 0. The molecule has 0 unspecified atom stereocenters. The molecule has 0 saturated carbocycles. The van der Waals surface area contributed by atoms with E-state index in [2.05, 4.69) is 26.0 Å². The number of ether oxygens (including phenoxy) is 2. The third kappa shape index (κ3) is 7.12. The molecule has 2 rings (SSSR count). The number of carbonyl (C=O) groups excluding carboxylic acids is 1. The molecule has 2 aromatic rings. The lowest BCUT2D eigenvalue weighted by molar-refractivity contribution is -0.129. The largest absolute Gasteiger partial charge is 0.497 e. The Labute approximate surface area is 175 Å². The lowest BCUT2D eigenvalue weighted by atomic mass is 9.85. The molecule has 1 atom stereocenters. The number of hydrogen-bond acceptors (Lipinski definition) is 3. The maximum absolute atomic E-state index is 12.2. The van der Waals surface area contributed by atoms with Crippen molar-refractivity contribution in [2.45, 2.75) is 59.6 Å². The van der Waals surface area contributed by atoms with Crippen LogP contribution in [0.2, 0.25) is 0 Å². The molecule has 2 aromatic carbocycles. The molecule has 0 aliphatic rings. The van der Waals surface area contributed by atoms with Crippen LogP contribution in [0.15, 0.2) is 48.5 Å². The molecule has 0 heterocycles. The van der Waals surface area contributed by atoms with Crippen molar-refractivity contribution in [3.8, 4) is 11.5 Å². The minimum atomic E-state index is 0.102. The van der Waals surface area contributed by atoms with Crippen LogP contribution >= 0.6 is 0 Å². The Morgan fingerprint density at radius 2 is 1.52 bits per heavy atom. The van der Waals surface area contributed by atoms with E-state index in [1.54, 1.807) is 14.0 Å². The third-order valence-electron chi connectivity index (χ3n) is 5.17. The van der Waals surface area contributed by atoms with E-state index in [0.29, 0.717) is 18.4 Å². The predicted octanol–water partition coefficient (Wildman–Crippen LogP) is 5.66. The van der Waals surface area contributed by atoms with Crippen LogP contribution in [-0.4, -0.2) is 30.6 Å². The normalized spacial score (nSPS) is 12.1. The summed E-state index contributed by atoms with van der Waals surface area (Å²) in [6.45, 7) is 11.5. The van der Waals surface area contributed by atoms with Crippen molar-refractivity contribution in [1.29, 1.82) is 0 Å². The molecule has 0 aliphatic carbocycles. The molecule has 0 saturated heterocycles. The molecule has 0 spiro atoms. The number of rotatable bonds is 10. The third-order valence-corrected chi connectivity index (χ3v) is 5.17. The zero-order chi connectivity index (χ0) is 21.4. The first-order valence-electron chi connectivity index (χ1n) is 10.4. The highest BCUT2D eigenvalue weighted by Crippen LogP contribution is 2.30. The van der Waals surface area contributed by atoms with Gasteiger partial charge in [0.25, 0.3) is 0 Å². The van der Waals surface area contributed by atoms with E-state index >= 15 is 0 Å². The van der Waals surface area contributed by atoms with Crippen molar-refractivity contribution in [1.82, 2.24) is 4.90 Å². The molecule has 158 valence electrons. The van der Waals surface area contributed by atoms with Gasteiger partial charge in [-0.15, -0.1) is 0 Å². The lowest BCUT2D eigenvalue weighted by Gasteiger charge is -2.27. The van der Waals surface area contributed by atoms with Crippen LogP contribution in [0.1, 0.15) is 58.1 Å². The second kappa shape index (κ2) is 10.9. The smallest absolute Gasteiger partial charge is 0.219 e. The van der Waals surface area contributed by atoms with Gasteiger partial charge >= 0.3 is 0 Å². The number of amides is 1. The summed E-state index contributed by atoms with van der Waals surface area (Å²) >= 11 is 0. The number of carbonyl (C=O) groups is 1. The van der Waals surface area contributed by atoms with Gasteiger partial charge in [-0.3, -0.25) is 4.79 Å². The Balaban J connectivity index is 2.03. The van der Waals surface area contributed by atoms with E-state index in [1.165, 1.54) is 5.56 Å². The van der Waals surface area contributed by atoms with Gasteiger partial charge < -0.3 is 14.4 Å². The van der Waals surface area contributed by atoms with Gasteiger partial charge in [0.15, 0.2) is 0 Å². The minimum Gasteiger partial charge on any atom is -0.497 e. The fourth-order valence-corrected chi connectivity index (χ4v) is 3.54. The molecule has 29 heavy (non-hydrogen) atoms. The molecule has 0 N–H and O–H groups in total. The molecular formula is C25H35NO3. The Morgan fingerprint density at radius 3 is 2.00 bits per heavy atom. The Morgan fingerprint density at radius 1 is 0.931 bits per heavy atom. The van der Waals surface area contributed by atoms with Crippen LogP contribution in [0.25, 0.3) is 0 Å². The van der Waals surface area contributed by atoms with Gasteiger partial charge in [0.1, 0.15) is 11.5 Å². The van der Waals surface area contributed by atoms with E-state index in [9.17, 15) is 4.79 Å². The van der Waals surface area contributed by atoms with E-state index in [0.717, 1.165) is 30.0 Å². The van der Waals surface area contributed by atoms with Crippen molar-refractivity contribution in [3.05, 3.63) is 59.7 Å². The van der Waals surface area contributed by atoms with Gasteiger partial charge in [0.2, 0.25) is 5.91 Å². The van der Waals surface area contributed by atoms with Gasteiger partial charge in [-0.05, 0) is 67.5 Å². The molecule has 0 bridgehead atoms. The van der Waals surface area contributed by atoms with Crippen molar-refractivity contribution in [2.75, 3.05) is 13.7 Å². The Bertz CT molecular complexity index is 751. The SMILES string of the molecule is COc1ccc([C@H](CCN(Cc2ccc(OC(C)C)cc2)C(C)=O)C(C)C)cc1. The van der Waals surface area contributed by atoms with Crippen molar-refractivity contribution in [2.24, 2.45) is 5.92 Å². The van der Waals surface area contributed by atoms with E-state index < -0.39 is 0 Å². The van der Waals surface area contributed by atoms with Gasteiger partial charge in [0.05, 0.1) is 13.2 Å². The average Bonchev–Trinajstić information content (AvgIpc) is 2.68.